The highest BCUT2D eigenvalue weighted by atomic mass is 16.5. The fourth-order valence-electron chi connectivity index (χ4n) is 2.14. The Balaban J connectivity index is 1.77. The molecule has 0 spiro atoms. The molecular weight excluding hydrogens is 240 g/mol. The summed E-state index contributed by atoms with van der Waals surface area (Å²) in [4.78, 5) is 11.7. The van der Waals surface area contributed by atoms with Gasteiger partial charge < -0.3 is 15.4 Å². The van der Waals surface area contributed by atoms with Gasteiger partial charge in [0.15, 0.2) is 0 Å². The fourth-order valence-corrected chi connectivity index (χ4v) is 2.14. The number of amides is 2. The van der Waals surface area contributed by atoms with Crippen LogP contribution >= 0.6 is 0 Å². The van der Waals surface area contributed by atoms with Crippen molar-refractivity contribution in [1.82, 2.24) is 5.32 Å². The van der Waals surface area contributed by atoms with E-state index >= 15 is 0 Å². The van der Waals surface area contributed by atoms with Gasteiger partial charge in [-0.1, -0.05) is 26.0 Å². The zero-order chi connectivity index (χ0) is 13.7. The third-order valence-electron chi connectivity index (χ3n) is 3.35. The number of ether oxygens (including phenoxy) is 1. The second kappa shape index (κ2) is 6.57. The summed E-state index contributed by atoms with van der Waals surface area (Å²) < 4.78 is 5.45. The number of benzene rings is 1. The van der Waals surface area contributed by atoms with Gasteiger partial charge in [0.25, 0.3) is 0 Å². The maximum Gasteiger partial charge on any atom is 0.319 e. The van der Waals surface area contributed by atoms with E-state index in [-0.39, 0.29) is 12.1 Å². The summed E-state index contributed by atoms with van der Waals surface area (Å²) in [7, 11) is 0. The molecule has 0 bridgehead atoms. The van der Waals surface area contributed by atoms with Crippen LogP contribution in [0.5, 0.6) is 0 Å². The molecule has 0 aliphatic carbocycles. The predicted molar refractivity (Wildman–Crippen MR) is 76.5 cm³/mol. The van der Waals surface area contributed by atoms with Crippen LogP contribution in [0.1, 0.15) is 38.2 Å². The van der Waals surface area contributed by atoms with Crippen molar-refractivity contribution in [3.63, 3.8) is 0 Å². The standard InChI is InChI=1S/C15H22N2O2/c1-11(2)12-5-7-13(8-6-12)17-15(18)16-10-14-4-3-9-19-14/h5-8,11,14H,3-4,9-10H2,1-2H3,(H2,16,17,18). The van der Waals surface area contributed by atoms with Gasteiger partial charge in [-0.05, 0) is 36.5 Å². The van der Waals surface area contributed by atoms with E-state index in [4.69, 9.17) is 4.74 Å². The maximum absolute atomic E-state index is 11.7. The molecule has 0 radical (unpaired) electrons. The SMILES string of the molecule is CC(C)c1ccc(NC(=O)NCC2CCCO2)cc1. The van der Waals surface area contributed by atoms with Gasteiger partial charge in [0.1, 0.15) is 0 Å². The van der Waals surface area contributed by atoms with Crippen molar-refractivity contribution in [2.45, 2.75) is 38.7 Å². The molecule has 1 aromatic carbocycles. The van der Waals surface area contributed by atoms with E-state index in [2.05, 4.69) is 24.5 Å². The smallest absolute Gasteiger partial charge is 0.319 e. The minimum absolute atomic E-state index is 0.173. The van der Waals surface area contributed by atoms with Crippen LogP contribution in [-0.4, -0.2) is 25.3 Å². The van der Waals surface area contributed by atoms with Gasteiger partial charge in [0.2, 0.25) is 0 Å². The summed E-state index contributed by atoms with van der Waals surface area (Å²) in [6.45, 7) is 5.69. The minimum atomic E-state index is -0.173. The molecule has 1 heterocycles. The van der Waals surface area contributed by atoms with Gasteiger partial charge in [-0.15, -0.1) is 0 Å². The summed E-state index contributed by atoms with van der Waals surface area (Å²) in [5.41, 5.74) is 2.08. The molecule has 104 valence electrons. The van der Waals surface area contributed by atoms with Crippen molar-refractivity contribution in [2.24, 2.45) is 0 Å². The summed E-state index contributed by atoms with van der Waals surface area (Å²) in [6, 6.07) is 7.77. The summed E-state index contributed by atoms with van der Waals surface area (Å²) in [6.07, 6.45) is 2.29. The van der Waals surface area contributed by atoms with E-state index in [0.29, 0.717) is 12.5 Å². The topological polar surface area (TPSA) is 50.4 Å². The van der Waals surface area contributed by atoms with E-state index in [1.54, 1.807) is 0 Å². The molecule has 1 unspecified atom stereocenters. The Morgan fingerprint density at radius 2 is 2.11 bits per heavy atom. The molecule has 1 aliphatic heterocycles. The van der Waals surface area contributed by atoms with Crippen molar-refractivity contribution in [3.8, 4) is 0 Å². The Hall–Kier alpha value is -1.55. The van der Waals surface area contributed by atoms with Gasteiger partial charge in [-0.2, -0.15) is 0 Å². The van der Waals surface area contributed by atoms with Crippen LogP contribution in [0.2, 0.25) is 0 Å². The molecule has 2 rings (SSSR count). The van der Waals surface area contributed by atoms with E-state index < -0.39 is 0 Å². The fraction of sp³-hybridized carbons (Fsp3) is 0.533. The van der Waals surface area contributed by atoms with Crippen LogP contribution in [0, 0.1) is 0 Å². The molecule has 1 aliphatic rings. The number of hydrogen-bond donors (Lipinski definition) is 2. The zero-order valence-electron chi connectivity index (χ0n) is 11.6. The van der Waals surface area contributed by atoms with Gasteiger partial charge >= 0.3 is 6.03 Å². The number of nitrogens with one attached hydrogen (secondary N) is 2. The highest BCUT2D eigenvalue weighted by Crippen LogP contribution is 2.17. The van der Waals surface area contributed by atoms with Crippen LogP contribution < -0.4 is 10.6 Å². The second-order valence-corrected chi connectivity index (χ2v) is 5.25. The monoisotopic (exact) mass is 262 g/mol. The Bertz CT molecular complexity index is 409. The predicted octanol–water partition coefficient (Wildman–Crippen LogP) is 3.11. The van der Waals surface area contributed by atoms with Crippen LogP contribution in [0.3, 0.4) is 0 Å². The molecule has 0 saturated carbocycles. The summed E-state index contributed by atoms with van der Waals surface area (Å²) in [5.74, 6) is 0.502. The van der Waals surface area contributed by atoms with E-state index in [9.17, 15) is 4.79 Å². The first-order valence-corrected chi connectivity index (χ1v) is 6.91. The molecule has 0 aromatic heterocycles. The number of anilines is 1. The van der Waals surface area contributed by atoms with Crippen LogP contribution in [0.4, 0.5) is 10.5 Å². The number of hydrogen-bond acceptors (Lipinski definition) is 2. The normalized spacial score (nSPS) is 18.6. The first-order chi connectivity index (χ1) is 9.15. The highest BCUT2D eigenvalue weighted by Gasteiger charge is 2.15. The van der Waals surface area contributed by atoms with Gasteiger partial charge in [-0.3, -0.25) is 0 Å². The number of carbonyl (C=O) groups excluding carboxylic acids is 1. The molecule has 1 aromatic rings. The van der Waals surface area contributed by atoms with Crippen molar-refractivity contribution in [3.05, 3.63) is 29.8 Å². The maximum atomic E-state index is 11.7. The molecule has 1 fully saturated rings. The molecular formula is C15H22N2O2. The van der Waals surface area contributed by atoms with E-state index in [0.717, 1.165) is 25.1 Å². The third-order valence-corrected chi connectivity index (χ3v) is 3.35. The first kappa shape index (κ1) is 13.9. The van der Waals surface area contributed by atoms with E-state index in [1.165, 1.54) is 5.56 Å². The Morgan fingerprint density at radius 1 is 1.37 bits per heavy atom. The first-order valence-electron chi connectivity index (χ1n) is 6.91. The summed E-state index contributed by atoms with van der Waals surface area (Å²) >= 11 is 0. The molecule has 4 heteroatoms. The molecule has 4 nitrogen and oxygen atoms in total. The van der Waals surface area contributed by atoms with Crippen LogP contribution in [-0.2, 0) is 4.74 Å². The molecule has 2 amide bonds. The Morgan fingerprint density at radius 3 is 2.68 bits per heavy atom. The molecule has 1 saturated heterocycles. The lowest BCUT2D eigenvalue weighted by atomic mass is 10.0. The van der Waals surface area contributed by atoms with Crippen molar-refractivity contribution in [1.29, 1.82) is 0 Å². The minimum Gasteiger partial charge on any atom is -0.376 e. The summed E-state index contributed by atoms with van der Waals surface area (Å²) in [5, 5.41) is 5.66. The lowest BCUT2D eigenvalue weighted by molar-refractivity contribution is 0.112. The van der Waals surface area contributed by atoms with Gasteiger partial charge in [0.05, 0.1) is 6.10 Å². The quantitative estimate of drug-likeness (QED) is 0.876. The lowest BCUT2D eigenvalue weighted by Crippen LogP contribution is -2.35. The van der Waals surface area contributed by atoms with Crippen LogP contribution in [0.15, 0.2) is 24.3 Å². The number of urea groups is 1. The molecule has 2 N–H and O–H groups in total. The lowest BCUT2D eigenvalue weighted by Gasteiger charge is -2.12. The van der Waals surface area contributed by atoms with Crippen molar-refractivity contribution in [2.75, 3.05) is 18.5 Å². The van der Waals surface area contributed by atoms with Gasteiger partial charge in [0, 0.05) is 18.8 Å². The van der Waals surface area contributed by atoms with Crippen LogP contribution in [0.25, 0.3) is 0 Å². The molecule has 19 heavy (non-hydrogen) atoms. The third kappa shape index (κ3) is 4.24. The number of rotatable bonds is 4. The Labute approximate surface area is 114 Å². The second-order valence-electron chi connectivity index (χ2n) is 5.25. The van der Waals surface area contributed by atoms with Gasteiger partial charge in [-0.25, -0.2) is 4.79 Å². The largest absolute Gasteiger partial charge is 0.376 e. The van der Waals surface area contributed by atoms with Crippen molar-refractivity contribution >= 4 is 11.7 Å². The number of carbonyl (C=O) groups is 1. The zero-order valence-corrected chi connectivity index (χ0v) is 11.6. The average molecular weight is 262 g/mol. The highest BCUT2D eigenvalue weighted by molar-refractivity contribution is 5.89. The van der Waals surface area contributed by atoms with E-state index in [1.807, 2.05) is 24.3 Å². The molecule has 1 atom stereocenters. The van der Waals surface area contributed by atoms with Crippen molar-refractivity contribution < 1.29 is 9.53 Å². The average Bonchev–Trinajstić information content (AvgIpc) is 2.90. The Kier molecular flexibility index (Phi) is 4.80.